The van der Waals surface area contributed by atoms with Crippen LogP contribution in [0.15, 0.2) is 6.20 Å². The first kappa shape index (κ1) is 16.2. The molecule has 3 rings (SSSR count). The van der Waals surface area contributed by atoms with E-state index >= 15 is 0 Å². The van der Waals surface area contributed by atoms with Gasteiger partial charge in [-0.15, -0.1) is 0 Å². The fourth-order valence-corrected chi connectivity index (χ4v) is 3.11. The van der Waals surface area contributed by atoms with Crippen LogP contribution in [-0.2, 0) is 4.79 Å². The number of ketones is 1. The van der Waals surface area contributed by atoms with Crippen molar-refractivity contribution in [3.05, 3.63) is 11.8 Å². The number of nitriles is 1. The first-order valence-corrected chi connectivity index (χ1v) is 8.11. The Balaban J connectivity index is 1.85. The van der Waals surface area contributed by atoms with Crippen LogP contribution in [0.4, 0.5) is 11.8 Å². The maximum Gasteiger partial charge on any atom is 0.227 e. The first-order valence-electron chi connectivity index (χ1n) is 8.11. The van der Waals surface area contributed by atoms with Crippen LogP contribution in [0.5, 0.6) is 0 Å². The Morgan fingerprint density at radius 1 is 1.38 bits per heavy atom. The summed E-state index contributed by atoms with van der Waals surface area (Å²) in [6.45, 7) is 7.20. The SMILES string of the molecule is CCN1CC(C#N)C(=O)c2cnc(N3CCN(C(C)=O)CC3)nc21. The van der Waals surface area contributed by atoms with Crippen molar-refractivity contribution >= 4 is 23.5 Å². The number of Topliss-reactive ketones (excluding diaryl/α,β-unsaturated/α-hetero) is 1. The third kappa shape index (κ3) is 2.77. The molecule has 3 heterocycles. The molecule has 8 heteroatoms. The van der Waals surface area contributed by atoms with Gasteiger partial charge in [0.2, 0.25) is 11.9 Å². The predicted octanol–water partition coefficient (Wildman–Crippen LogP) is 0.307. The smallest absolute Gasteiger partial charge is 0.227 e. The van der Waals surface area contributed by atoms with E-state index in [0.717, 1.165) is 0 Å². The molecular formula is C16H20N6O2. The number of hydrogen-bond donors (Lipinski definition) is 0. The summed E-state index contributed by atoms with van der Waals surface area (Å²) in [5.74, 6) is 0.383. The van der Waals surface area contributed by atoms with E-state index in [2.05, 4.69) is 16.0 Å². The second-order valence-corrected chi connectivity index (χ2v) is 5.98. The predicted molar refractivity (Wildman–Crippen MR) is 87.8 cm³/mol. The minimum absolute atomic E-state index is 0.0753. The Labute approximate surface area is 140 Å². The fraction of sp³-hybridized carbons (Fsp3) is 0.562. The van der Waals surface area contributed by atoms with Gasteiger partial charge in [0.05, 0.1) is 11.6 Å². The Morgan fingerprint density at radius 3 is 2.67 bits per heavy atom. The van der Waals surface area contributed by atoms with Gasteiger partial charge in [-0.1, -0.05) is 0 Å². The van der Waals surface area contributed by atoms with Crippen LogP contribution < -0.4 is 9.80 Å². The molecule has 1 aromatic rings. The van der Waals surface area contributed by atoms with Crippen molar-refractivity contribution in [1.29, 1.82) is 5.26 Å². The van der Waals surface area contributed by atoms with Crippen molar-refractivity contribution in [2.24, 2.45) is 5.92 Å². The van der Waals surface area contributed by atoms with E-state index < -0.39 is 5.92 Å². The zero-order valence-electron chi connectivity index (χ0n) is 13.9. The van der Waals surface area contributed by atoms with Crippen molar-refractivity contribution in [3.63, 3.8) is 0 Å². The van der Waals surface area contributed by atoms with Crippen molar-refractivity contribution in [3.8, 4) is 6.07 Å². The summed E-state index contributed by atoms with van der Waals surface area (Å²) in [5.41, 5.74) is 0.417. The topological polar surface area (TPSA) is 93.4 Å². The van der Waals surface area contributed by atoms with E-state index in [0.29, 0.717) is 56.6 Å². The molecule has 0 bridgehead atoms. The third-order valence-corrected chi connectivity index (χ3v) is 4.59. The lowest BCUT2D eigenvalue weighted by atomic mass is 9.95. The Hall–Kier alpha value is -2.69. The third-order valence-electron chi connectivity index (χ3n) is 4.59. The molecule has 24 heavy (non-hydrogen) atoms. The normalized spacial score (nSPS) is 20.6. The molecule has 0 spiro atoms. The van der Waals surface area contributed by atoms with E-state index in [9.17, 15) is 9.59 Å². The average molecular weight is 328 g/mol. The molecule has 1 saturated heterocycles. The molecule has 1 fully saturated rings. The average Bonchev–Trinajstić information content (AvgIpc) is 2.62. The van der Waals surface area contributed by atoms with E-state index in [1.54, 1.807) is 11.8 Å². The van der Waals surface area contributed by atoms with E-state index in [4.69, 9.17) is 5.26 Å². The molecule has 0 N–H and O–H groups in total. The van der Waals surface area contributed by atoms with Gasteiger partial charge in [0, 0.05) is 52.4 Å². The van der Waals surface area contributed by atoms with Gasteiger partial charge < -0.3 is 14.7 Å². The fourth-order valence-electron chi connectivity index (χ4n) is 3.11. The van der Waals surface area contributed by atoms with Crippen LogP contribution in [0.3, 0.4) is 0 Å². The molecule has 8 nitrogen and oxygen atoms in total. The van der Waals surface area contributed by atoms with Crippen molar-refractivity contribution < 1.29 is 9.59 Å². The van der Waals surface area contributed by atoms with Gasteiger partial charge in [0.1, 0.15) is 11.7 Å². The van der Waals surface area contributed by atoms with Gasteiger partial charge >= 0.3 is 0 Å². The van der Waals surface area contributed by atoms with Crippen LogP contribution in [0.25, 0.3) is 0 Å². The number of amides is 1. The van der Waals surface area contributed by atoms with Crippen molar-refractivity contribution in [2.75, 3.05) is 49.1 Å². The number of piperazine rings is 1. The first-order chi connectivity index (χ1) is 11.5. The lowest BCUT2D eigenvalue weighted by Gasteiger charge is -2.35. The van der Waals surface area contributed by atoms with Gasteiger partial charge in [-0.25, -0.2) is 4.98 Å². The summed E-state index contributed by atoms with van der Waals surface area (Å²) in [6.07, 6.45) is 1.53. The molecular weight excluding hydrogens is 308 g/mol. The molecule has 0 radical (unpaired) electrons. The summed E-state index contributed by atoms with van der Waals surface area (Å²) >= 11 is 0. The molecule has 126 valence electrons. The number of aromatic nitrogens is 2. The zero-order chi connectivity index (χ0) is 17.3. The van der Waals surface area contributed by atoms with E-state index in [1.807, 2.05) is 16.7 Å². The number of carbonyl (C=O) groups excluding carboxylic acids is 2. The highest BCUT2D eigenvalue weighted by atomic mass is 16.2. The Morgan fingerprint density at radius 2 is 2.08 bits per heavy atom. The lowest BCUT2D eigenvalue weighted by Crippen LogP contribution is -2.49. The summed E-state index contributed by atoms with van der Waals surface area (Å²) in [5, 5.41) is 9.15. The number of fused-ring (bicyclic) bond motifs is 1. The molecule has 0 aliphatic carbocycles. The van der Waals surface area contributed by atoms with Crippen LogP contribution in [-0.4, -0.2) is 65.8 Å². The standard InChI is InChI=1S/C16H20N6O2/c1-3-20-10-12(8-17)14(24)13-9-18-16(19-15(13)20)22-6-4-21(5-7-22)11(2)23/h9,12H,3-7,10H2,1-2H3. The van der Waals surface area contributed by atoms with Crippen molar-refractivity contribution in [1.82, 2.24) is 14.9 Å². The van der Waals surface area contributed by atoms with Gasteiger partial charge in [-0.2, -0.15) is 10.2 Å². The minimum atomic E-state index is -0.661. The maximum atomic E-state index is 12.3. The monoisotopic (exact) mass is 328 g/mol. The second kappa shape index (κ2) is 6.43. The van der Waals surface area contributed by atoms with Gasteiger partial charge in [0.15, 0.2) is 5.78 Å². The van der Waals surface area contributed by atoms with Gasteiger partial charge in [-0.05, 0) is 6.92 Å². The molecule has 0 aromatic carbocycles. The Kier molecular flexibility index (Phi) is 4.34. The molecule has 1 aromatic heterocycles. The number of hydrogen-bond acceptors (Lipinski definition) is 7. The highest BCUT2D eigenvalue weighted by molar-refractivity contribution is 6.05. The van der Waals surface area contributed by atoms with Crippen LogP contribution in [0.1, 0.15) is 24.2 Å². The molecule has 2 aliphatic rings. The molecule has 0 saturated carbocycles. The van der Waals surface area contributed by atoms with E-state index in [-0.39, 0.29) is 11.7 Å². The summed E-state index contributed by atoms with van der Waals surface area (Å²) < 4.78 is 0. The van der Waals surface area contributed by atoms with Gasteiger partial charge in [-0.3, -0.25) is 9.59 Å². The zero-order valence-corrected chi connectivity index (χ0v) is 13.9. The number of nitrogens with zero attached hydrogens (tertiary/aromatic N) is 6. The highest BCUT2D eigenvalue weighted by Crippen LogP contribution is 2.29. The summed E-state index contributed by atoms with van der Waals surface area (Å²) in [7, 11) is 0. The largest absolute Gasteiger partial charge is 0.354 e. The van der Waals surface area contributed by atoms with Gasteiger partial charge in [0.25, 0.3) is 0 Å². The van der Waals surface area contributed by atoms with E-state index in [1.165, 1.54) is 6.20 Å². The molecule has 1 amide bonds. The highest BCUT2D eigenvalue weighted by Gasteiger charge is 2.33. The molecule has 2 aliphatic heterocycles. The second-order valence-electron chi connectivity index (χ2n) is 5.98. The summed E-state index contributed by atoms with van der Waals surface area (Å²) in [6, 6.07) is 2.06. The minimum Gasteiger partial charge on any atom is -0.354 e. The van der Waals surface area contributed by atoms with Crippen LogP contribution in [0.2, 0.25) is 0 Å². The number of anilines is 2. The molecule has 1 unspecified atom stereocenters. The number of carbonyl (C=O) groups is 2. The quantitative estimate of drug-likeness (QED) is 0.771. The summed E-state index contributed by atoms with van der Waals surface area (Å²) in [4.78, 5) is 38.4. The van der Waals surface area contributed by atoms with Crippen LogP contribution in [0, 0.1) is 17.2 Å². The maximum absolute atomic E-state index is 12.3. The number of rotatable bonds is 2. The lowest BCUT2D eigenvalue weighted by molar-refractivity contribution is -0.129. The molecule has 1 atom stereocenters. The van der Waals surface area contributed by atoms with Crippen LogP contribution >= 0.6 is 0 Å². The Bertz CT molecular complexity index is 705. The van der Waals surface area contributed by atoms with Crippen molar-refractivity contribution in [2.45, 2.75) is 13.8 Å².